The van der Waals surface area contributed by atoms with Crippen LogP contribution >= 0.6 is 0 Å². The summed E-state index contributed by atoms with van der Waals surface area (Å²) in [6.45, 7) is -0.539. The zero-order chi connectivity index (χ0) is 19.3. The lowest BCUT2D eigenvalue weighted by molar-refractivity contribution is -0.123. The Balaban J connectivity index is 2.00. The summed E-state index contributed by atoms with van der Waals surface area (Å²) < 4.78 is 56.9. The maximum absolute atomic E-state index is 13.4. The molecule has 0 heterocycles. The number of nitrogens with zero attached hydrogens (tertiary/aromatic N) is 1. The molecule has 0 spiro atoms. The first-order valence-electron chi connectivity index (χ1n) is 7.57. The van der Waals surface area contributed by atoms with Gasteiger partial charge in [0, 0.05) is 26.7 Å². The second-order valence-corrected chi connectivity index (χ2v) is 7.66. The fourth-order valence-corrected chi connectivity index (χ4v) is 3.19. The summed E-state index contributed by atoms with van der Waals surface area (Å²) in [7, 11) is -0.830. The van der Waals surface area contributed by atoms with Gasteiger partial charge in [0.25, 0.3) is 5.91 Å². The monoisotopic (exact) mass is 384 g/mol. The minimum Gasteiger partial charge on any atom is -0.481 e. The van der Waals surface area contributed by atoms with Crippen molar-refractivity contribution in [3.63, 3.8) is 0 Å². The number of rotatable bonds is 7. The van der Waals surface area contributed by atoms with Gasteiger partial charge in [0.05, 0.1) is 4.90 Å². The van der Waals surface area contributed by atoms with Crippen LogP contribution in [0.5, 0.6) is 5.75 Å². The Bertz CT molecular complexity index is 901. The van der Waals surface area contributed by atoms with Crippen LogP contribution in [0.25, 0.3) is 0 Å². The smallest absolute Gasteiger partial charge is 0.258 e. The molecule has 0 aliphatic carbocycles. The number of ether oxygens (including phenoxy) is 1. The predicted octanol–water partition coefficient (Wildman–Crippen LogP) is 1.91. The van der Waals surface area contributed by atoms with Crippen molar-refractivity contribution in [1.29, 1.82) is 0 Å². The predicted molar refractivity (Wildman–Crippen MR) is 91.0 cm³/mol. The molecule has 26 heavy (non-hydrogen) atoms. The Kier molecular flexibility index (Phi) is 6.27. The maximum atomic E-state index is 13.4. The Morgan fingerprint density at radius 3 is 2.50 bits per heavy atom. The molecule has 0 aromatic heterocycles. The van der Waals surface area contributed by atoms with E-state index in [2.05, 4.69) is 5.32 Å². The third-order valence-corrected chi connectivity index (χ3v) is 5.38. The number of carbonyl (C=O) groups excluding carboxylic acids is 1. The Morgan fingerprint density at radius 2 is 1.85 bits per heavy atom. The van der Waals surface area contributed by atoms with Crippen LogP contribution in [0.15, 0.2) is 47.4 Å². The van der Waals surface area contributed by atoms with Crippen molar-refractivity contribution in [2.24, 2.45) is 0 Å². The molecule has 9 heteroatoms. The minimum absolute atomic E-state index is 0.0443. The van der Waals surface area contributed by atoms with Gasteiger partial charge in [-0.25, -0.2) is 21.5 Å². The second-order valence-electron chi connectivity index (χ2n) is 5.54. The first kappa shape index (κ1) is 19.8. The number of hydrogen-bond donors (Lipinski definition) is 1. The van der Waals surface area contributed by atoms with Gasteiger partial charge in [-0.05, 0) is 23.8 Å². The van der Waals surface area contributed by atoms with Crippen LogP contribution in [-0.4, -0.2) is 39.3 Å². The van der Waals surface area contributed by atoms with Gasteiger partial charge in [0.15, 0.2) is 18.2 Å². The van der Waals surface area contributed by atoms with Crippen LogP contribution in [0.3, 0.4) is 0 Å². The van der Waals surface area contributed by atoms with E-state index in [9.17, 15) is 22.0 Å². The van der Waals surface area contributed by atoms with Gasteiger partial charge in [0.1, 0.15) is 5.82 Å². The summed E-state index contributed by atoms with van der Waals surface area (Å²) in [4.78, 5) is 11.9. The van der Waals surface area contributed by atoms with E-state index in [1.54, 1.807) is 18.2 Å². The molecule has 0 unspecified atom stereocenters. The van der Waals surface area contributed by atoms with Gasteiger partial charge in [-0.15, -0.1) is 0 Å². The molecular weight excluding hydrogens is 366 g/mol. The molecule has 1 N–H and O–H groups in total. The molecule has 0 fully saturated rings. The zero-order valence-corrected chi connectivity index (χ0v) is 15.0. The van der Waals surface area contributed by atoms with Gasteiger partial charge in [-0.1, -0.05) is 18.2 Å². The highest BCUT2D eigenvalue weighted by Crippen LogP contribution is 2.19. The van der Waals surface area contributed by atoms with Crippen LogP contribution in [0.4, 0.5) is 8.78 Å². The highest BCUT2D eigenvalue weighted by atomic mass is 32.2. The first-order chi connectivity index (χ1) is 12.2. The van der Waals surface area contributed by atoms with Gasteiger partial charge in [-0.3, -0.25) is 4.79 Å². The topological polar surface area (TPSA) is 75.7 Å². The van der Waals surface area contributed by atoms with Crippen LogP contribution < -0.4 is 10.1 Å². The van der Waals surface area contributed by atoms with Crippen molar-refractivity contribution in [2.75, 3.05) is 20.7 Å². The minimum atomic E-state index is -3.65. The van der Waals surface area contributed by atoms with E-state index in [0.29, 0.717) is 11.6 Å². The number of amides is 1. The van der Waals surface area contributed by atoms with Crippen molar-refractivity contribution in [3.8, 4) is 5.75 Å². The molecule has 2 aromatic rings. The number of carbonyl (C=O) groups is 1. The van der Waals surface area contributed by atoms with Crippen molar-refractivity contribution < 1.29 is 26.7 Å². The van der Waals surface area contributed by atoms with E-state index in [1.807, 2.05) is 0 Å². The maximum Gasteiger partial charge on any atom is 0.258 e. The highest BCUT2D eigenvalue weighted by molar-refractivity contribution is 7.89. The molecule has 0 saturated heterocycles. The molecule has 2 aromatic carbocycles. The van der Waals surface area contributed by atoms with Crippen LogP contribution in [0.2, 0.25) is 0 Å². The van der Waals surface area contributed by atoms with Crippen molar-refractivity contribution in [3.05, 3.63) is 59.7 Å². The molecule has 0 aliphatic heterocycles. The lowest BCUT2D eigenvalue weighted by Gasteiger charge is -2.15. The summed E-state index contributed by atoms with van der Waals surface area (Å²) in [6, 6.07) is 9.01. The molecule has 1 amide bonds. The quantitative estimate of drug-likeness (QED) is 0.791. The summed E-state index contributed by atoms with van der Waals surface area (Å²) in [5, 5.41) is 2.51. The SMILES string of the molecule is CN(C)S(=O)(=O)c1ccccc1CNC(=O)COc1ccc(F)cc1F. The Labute approximate surface area is 150 Å². The van der Waals surface area contributed by atoms with E-state index >= 15 is 0 Å². The third kappa shape index (κ3) is 4.77. The standard InChI is InChI=1S/C17H18F2N2O4S/c1-21(2)26(23,24)16-6-4-3-5-12(16)10-20-17(22)11-25-15-8-7-13(18)9-14(15)19/h3-9H,10-11H2,1-2H3,(H,20,22). The van der Waals surface area contributed by atoms with E-state index in [0.717, 1.165) is 16.4 Å². The summed E-state index contributed by atoms with van der Waals surface area (Å²) in [5.74, 6) is -2.50. The van der Waals surface area contributed by atoms with Gasteiger partial charge in [-0.2, -0.15) is 0 Å². The molecular formula is C17H18F2N2O4S. The van der Waals surface area contributed by atoms with Crippen molar-refractivity contribution >= 4 is 15.9 Å². The summed E-state index contributed by atoms with van der Waals surface area (Å²) in [5.41, 5.74) is 0.405. The summed E-state index contributed by atoms with van der Waals surface area (Å²) >= 11 is 0. The number of halogens is 2. The fourth-order valence-electron chi connectivity index (χ4n) is 2.08. The average molecular weight is 384 g/mol. The number of nitrogens with one attached hydrogen (secondary N) is 1. The van der Waals surface area contributed by atoms with Crippen molar-refractivity contribution in [1.82, 2.24) is 9.62 Å². The molecule has 0 bridgehead atoms. The number of sulfonamides is 1. The molecule has 0 atom stereocenters. The normalized spacial score (nSPS) is 11.4. The van der Waals surface area contributed by atoms with Crippen LogP contribution in [0.1, 0.15) is 5.56 Å². The van der Waals surface area contributed by atoms with Crippen LogP contribution in [0, 0.1) is 11.6 Å². The largest absolute Gasteiger partial charge is 0.481 e. The van der Waals surface area contributed by atoms with Gasteiger partial charge >= 0.3 is 0 Å². The lowest BCUT2D eigenvalue weighted by Crippen LogP contribution is -2.30. The Morgan fingerprint density at radius 1 is 1.15 bits per heavy atom. The van der Waals surface area contributed by atoms with E-state index in [4.69, 9.17) is 4.74 Å². The zero-order valence-electron chi connectivity index (χ0n) is 14.2. The second kappa shape index (κ2) is 8.24. The van der Waals surface area contributed by atoms with Gasteiger partial charge in [0.2, 0.25) is 10.0 Å². The highest BCUT2D eigenvalue weighted by Gasteiger charge is 2.20. The average Bonchev–Trinajstić information content (AvgIpc) is 2.59. The first-order valence-corrected chi connectivity index (χ1v) is 9.01. The van der Waals surface area contributed by atoms with Crippen LogP contribution in [-0.2, 0) is 21.4 Å². The molecule has 0 saturated carbocycles. The summed E-state index contributed by atoms with van der Waals surface area (Å²) in [6.07, 6.45) is 0. The lowest BCUT2D eigenvalue weighted by atomic mass is 10.2. The third-order valence-electron chi connectivity index (χ3n) is 3.46. The molecule has 0 aliphatic rings. The van der Waals surface area contributed by atoms with Crippen molar-refractivity contribution in [2.45, 2.75) is 11.4 Å². The number of hydrogen-bond acceptors (Lipinski definition) is 4. The van der Waals surface area contributed by atoms with E-state index in [-0.39, 0.29) is 17.2 Å². The number of benzene rings is 2. The molecule has 6 nitrogen and oxygen atoms in total. The van der Waals surface area contributed by atoms with E-state index < -0.39 is 34.2 Å². The molecule has 2 rings (SSSR count). The Hall–Kier alpha value is -2.52. The molecule has 140 valence electrons. The molecule has 0 radical (unpaired) electrons. The van der Waals surface area contributed by atoms with Gasteiger partial charge < -0.3 is 10.1 Å². The fraction of sp³-hybridized carbons (Fsp3) is 0.235. The van der Waals surface area contributed by atoms with E-state index in [1.165, 1.54) is 20.2 Å².